The number of hydrogen-bond donors (Lipinski definition) is 13. The number of aliphatic hydroxyl groups is 3. The Morgan fingerprint density at radius 2 is 1.55 bits per heavy atom. The van der Waals surface area contributed by atoms with Gasteiger partial charge >= 0.3 is 0 Å². The summed E-state index contributed by atoms with van der Waals surface area (Å²) in [5.41, 5.74) is 6.62. The van der Waals surface area contributed by atoms with Crippen molar-refractivity contribution in [1.29, 1.82) is 0 Å². The maximum Gasteiger partial charge on any atom is 0.245 e. The number of unbranched alkanes of at least 4 members (excludes halogenated alkanes) is 2. The van der Waals surface area contributed by atoms with Gasteiger partial charge in [-0.3, -0.25) is 52.2 Å². The Morgan fingerprint density at radius 1 is 0.855 bits per heavy atom. The average molecular weight is 1210 g/mol. The minimum Gasteiger partial charge on any atom is -0.496 e. The van der Waals surface area contributed by atoms with E-state index in [2.05, 4.69) is 47.0 Å². The number of aromatic nitrogens is 1. The quantitative estimate of drug-likeness (QED) is 0.0508. The summed E-state index contributed by atoms with van der Waals surface area (Å²) in [7, 11) is -0.950. The first kappa shape index (κ1) is 65.7. The van der Waals surface area contributed by atoms with Gasteiger partial charge in [0.1, 0.15) is 47.0 Å². The Bertz CT molecular complexity index is 2730. The lowest BCUT2D eigenvalue weighted by Gasteiger charge is -2.33. The number of piperidine rings is 1. The Hall–Kier alpha value is -6.44. The normalized spacial score (nSPS) is 26.0. The number of H-pyrrole nitrogens is 1. The van der Waals surface area contributed by atoms with Gasteiger partial charge < -0.3 is 82.6 Å². The number of aromatic amines is 1. The van der Waals surface area contributed by atoms with E-state index in [1.54, 1.807) is 37.7 Å². The Kier molecular flexibility index (Phi) is 24.5. The van der Waals surface area contributed by atoms with E-state index in [-0.39, 0.29) is 21.7 Å². The van der Waals surface area contributed by atoms with E-state index in [0.717, 1.165) is 17.7 Å². The minimum absolute atomic E-state index is 0.0631. The van der Waals surface area contributed by atoms with Gasteiger partial charge in [0.2, 0.25) is 59.1 Å². The third-order valence-corrected chi connectivity index (χ3v) is 18.5. The van der Waals surface area contributed by atoms with Crippen LogP contribution in [-0.2, 0) is 75.8 Å². The number of fused-ring (bicyclic) bond motifs is 5. The summed E-state index contributed by atoms with van der Waals surface area (Å²) in [4.78, 5) is 151. The van der Waals surface area contributed by atoms with Crippen molar-refractivity contribution < 1.29 is 77.0 Å². The molecule has 0 spiro atoms. The monoisotopic (exact) mass is 1200 g/mol. The molecule has 2 fully saturated rings. The molecule has 4 aliphatic heterocycles. The van der Waals surface area contributed by atoms with Crippen LogP contribution in [0.4, 0.5) is 0 Å². The van der Waals surface area contributed by atoms with Crippen molar-refractivity contribution in [1.82, 2.24) is 52.0 Å². The number of primary amides is 1. The van der Waals surface area contributed by atoms with E-state index < -0.39 is 182 Å². The number of thioether (sulfide) groups is 1. The van der Waals surface area contributed by atoms with Crippen LogP contribution in [-0.4, -0.2) is 206 Å². The molecular formula is C53H80N12O16S2. The number of nitrogens with zero attached hydrogens (tertiary/aromatic N) is 2. The van der Waals surface area contributed by atoms with Crippen LogP contribution in [0.25, 0.3) is 10.9 Å². The first-order valence-electron chi connectivity index (χ1n) is 28.0. The fraction of sp³-hybridized carbons (Fsp3) is 0.660. The minimum atomic E-state index is -2.41. The molecule has 2 saturated heterocycles. The molecule has 28 nitrogen and oxygen atoms in total. The standard InChI is InChI=1S/C53H80N12O16S2/c1-5-27(2)44-50(76)57-21-41(70)58-36-26-83(79)52-32(31-10-12-39(80-4)33(46(31)63-52)25-82-30-14-16-64(17-15-30)43(72)9-7-6-8-18-81-55)20-35(47(73)56-22-42(71)61-44)60-51(77)45(28(3)38(68)24-66)62-49(75)37-19-29(67)23-65(37)53(78)34(59-48(36)74)11-13-40(54)69/h10,12,27-30,34-38,44-45,63,66-68H,5-9,11,13-26,55H2,1-4H3,(H2,54,69)(H,56,73)(H,57,76)(H,58,70)(H,59,74)(H,60,77)(H,61,71)(H,62,75)/t27-,28-,29+,34-,35-,36-,37-,38-,44-,45-,83?/m0/s1. The van der Waals surface area contributed by atoms with E-state index in [4.69, 9.17) is 16.4 Å². The van der Waals surface area contributed by atoms with Gasteiger partial charge in [-0.15, -0.1) is 0 Å². The predicted molar refractivity (Wildman–Crippen MR) is 301 cm³/mol. The predicted octanol–water partition coefficient (Wildman–Crippen LogP) is -3.55. The van der Waals surface area contributed by atoms with Crippen molar-refractivity contribution in [3.05, 3.63) is 23.3 Å². The number of nitrogens with two attached hydrogens (primary N) is 2. The van der Waals surface area contributed by atoms with Gasteiger partial charge in [-0.25, -0.2) is 5.90 Å². The molecule has 2 aromatic rings. The van der Waals surface area contributed by atoms with E-state index in [1.807, 2.05) is 4.90 Å². The van der Waals surface area contributed by atoms with E-state index in [1.165, 1.54) is 14.0 Å². The van der Waals surface area contributed by atoms with Crippen LogP contribution in [0.2, 0.25) is 0 Å². The number of rotatable bonds is 18. The summed E-state index contributed by atoms with van der Waals surface area (Å²) < 4.78 is 21.3. The summed E-state index contributed by atoms with van der Waals surface area (Å²) in [6.07, 6.45) is -0.479. The number of carbonyl (C=O) groups is 10. The van der Waals surface area contributed by atoms with Gasteiger partial charge in [-0.05, 0) is 55.7 Å². The highest BCUT2D eigenvalue weighted by Crippen LogP contribution is 2.38. The second-order valence-corrected chi connectivity index (χ2v) is 24.2. The largest absolute Gasteiger partial charge is 0.496 e. The van der Waals surface area contributed by atoms with Crippen molar-refractivity contribution in [2.75, 3.05) is 58.8 Å². The van der Waals surface area contributed by atoms with Crippen LogP contribution in [0, 0.1) is 11.8 Å². The summed E-state index contributed by atoms with van der Waals surface area (Å²) in [6.45, 7) is 3.33. The second-order valence-electron chi connectivity index (χ2n) is 21.5. The topological polar surface area (TPSA) is 425 Å². The average Bonchev–Trinajstić information content (AvgIpc) is 2.99. The van der Waals surface area contributed by atoms with Crippen molar-refractivity contribution in [3.63, 3.8) is 0 Å². The third kappa shape index (κ3) is 17.3. The number of nitrogens with one attached hydrogen (secondary N) is 8. The zero-order chi connectivity index (χ0) is 60.7. The SMILES string of the molecule is CC[C@H](C)[C@@H]1NC(=O)CNC(=O)[C@@H]2Cc3c([nH]c4c(CSC5CCN(C(=O)CCCCCON)CC5)c(OC)ccc34)S(=O)C[C@H](NC(=O)CNC1=O)C(=O)N[C@@H](CCC(N)=O)C(=O)N1C[C@H](O)C[C@H]1C(=O)N[C@@H]([C@@H](C)[C@@H](O)CO)C(=O)N2. The molecule has 0 aliphatic carbocycles. The molecule has 15 N–H and O–H groups in total. The first-order chi connectivity index (χ1) is 39.6. The lowest BCUT2D eigenvalue weighted by Crippen LogP contribution is -2.62. The third-order valence-electron chi connectivity index (χ3n) is 15.7. The molecule has 0 radical (unpaired) electrons. The van der Waals surface area contributed by atoms with E-state index in [0.29, 0.717) is 79.8 Å². The molecule has 83 heavy (non-hydrogen) atoms. The fourth-order valence-corrected chi connectivity index (χ4v) is 13.2. The van der Waals surface area contributed by atoms with Gasteiger partial charge in [0.05, 0.1) is 67.7 Å². The molecule has 2 bridgehead atoms. The number of amides is 10. The number of ether oxygens (including phenoxy) is 1. The number of benzene rings is 1. The molecule has 1 aromatic carbocycles. The van der Waals surface area contributed by atoms with Crippen molar-refractivity contribution in [3.8, 4) is 5.75 Å². The molecule has 4 aliphatic rings. The Labute approximate surface area is 486 Å². The van der Waals surface area contributed by atoms with Crippen LogP contribution in [0.3, 0.4) is 0 Å². The summed E-state index contributed by atoms with van der Waals surface area (Å²) >= 11 is 1.60. The molecule has 6 rings (SSSR count). The first-order valence-corrected chi connectivity index (χ1v) is 30.4. The lowest BCUT2D eigenvalue weighted by molar-refractivity contribution is -0.143. The molecule has 30 heteroatoms. The summed E-state index contributed by atoms with van der Waals surface area (Å²) in [5.74, 6) is -5.44. The molecule has 5 heterocycles. The van der Waals surface area contributed by atoms with Gasteiger partial charge in [0.25, 0.3) is 0 Å². The molecular weight excluding hydrogens is 1120 g/mol. The zero-order valence-corrected chi connectivity index (χ0v) is 48.8. The van der Waals surface area contributed by atoms with Gasteiger partial charge in [-0.2, -0.15) is 11.8 Å². The highest BCUT2D eigenvalue weighted by atomic mass is 32.2. The van der Waals surface area contributed by atoms with Crippen molar-refractivity contribution >= 4 is 92.5 Å². The molecule has 1 unspecified atom stereocenters. The molecule has 1 aromatic heterocycles. The summed E-state index contributed by atoms with van der Waals surface area (Å²) in [6, 6.07) is -6.51. The molecule has 10 amide bonds. The number of aliphatic hydroxyl groups excluding tert-OH is 3. The maximum absolute atomic E-state index is 15.4. The second kappa shape index (κ2) is 30.9. The fourth-order valence-electron chi connectivity index (χ4n) is 10.6. The number of likely N-dealkylation sites (tertiary alicyclic amines) is 1. The zero-order valence-electron chi connectivity index (χ0n) is 47.2. The van der Waals surface area contributed by atoms with Gasteiger partial charge in [-0.1, -0.05) is 33.6 Å². The molecule has 0 saturated carbocycles. The highest BCUT2D eigenvalue weighted by Gasteiger charge is 2.45. The highest BCUT2D eigenvalue weighted by molar-refractivity contribution is 7.99. The Morgan fingerprint density at radius 3 is 2.22 bits per heavy atom. The molecule has 460 valence electrons. The van der Waals surface area contributed by atoms with Crippen molar-refractivity contribution in [2.24, 2.45) is 23.5 Å². The van der Waals surface area contributed by atoms with Crippen LogP contribution in [0.15, 0.2) is 17.2 Å². The van der Waals surface area contributed by atoms with Crippen LogP contribution >= 0.6 is 11.8 Å². The van der Waals surface area contributed by atoms with Gasteiger partial charge in [0.15, 0.2) is 0 Å². The van der Waals surface area contributed by atoms with E-state index in [9.17, 15) is 63.3 Å². The number of hydrogen-bond acceptors (Lipinski definition) is 18. The Balaban J connectivity index is 1.50. The molecule has 11 atom stereocenters. The smallest absolute Gasteiger partial charge is 0.245 e. The summed E-state index contributed by atoms with van der Waals surface area (Å²) in [5, 5.41) is 50.2. The van der Waals surface area contributed by atoms with Crippen LogP contribution < -0.4 is 53.6 Å². The van der Waals surface area contributed by atoms with Crippen LogP contribution in [0.1, 0.15) is 96.1 Å². The number of carbonyl (C=O) groups excluding carboxylic acids is 10. The van der Waals surface area contributed by atoms with Gasteiger partial charge in [0, 0.05) is 73.2 Å². The maximum atomic E-state index is 15.4. The van der Waals surface area contributed by atoms with Crippen molar-refractivity contribution in [2.45, 2.75) is 156 Å². The van der Waals surface area contributed by atoms with Crippen LogP contribution in [0.5, 0.6) is 5.75 Å². The lowest BCUT2D eigenvalue weighted by atomic mass is 9.93. The number of methoxy groups -OCH3 is 1. The van der Waals surface area contributed by atoms with E-state index >= 15 is 4.21 Å².